The van der Waals surface area contributed by atoms with Gasteiger partial charge in [-0.05, 0) is 25.8 Å². The van der Waals surface area contributed by atoms with Crippen LogP contribution in [0, 0.1) is 0 Å². The number of hydrogen-bond donors (Lipinski definition) is 2. The highest BCUT2D eigenvalue weighted by molar-refractivity contribution is 5.93. The molecule has 1 amide bonds. The zero-order chi connectivity index (χ0) is 12.4. The molecular weight excluding hydrogens is 232 g/mol. The minimum absolute atomic E-state index is 0.0812. The third kappa shape index (κ3) is 2.39. The molecule has 2 aliphatic rings. The number of nitrogens with one attached hydrogen (secondary N) is 2. The number of carbonyl (C=O) groups is 1. The third-order valence-electron chi connectivity index (χ3n) is 3.49. The number of carbonyl (C=O) groups excluding carboxylic acids is 1. The first kappa shape index (κ1) is 11.7. The SMILES string of the molecule is O=C(Nc1ccn(C2CCNC2)n1)C1CCCO1. The maximum Gasteiger partial charge on any atom is 0.254 e. The maximum absolute atomic E-state index is 11.8. The van der Waals surface area contributed by atoms with Crippen molar-refractivity contribution in [3.05, 3.63) is 12.3 Å². The topological polar surface area (TPSA) is 68.2 Å². The molecule has 1 aromatic rings. The van der Waals surface area contributed by atoms with Crippen molar-refractivity contribution in [3.63, 3.8) is 0 Å². The summed E-state index contributed by atoms with van der Waals surface area (Å²) >= 11 is 0. The van der Waals surface area contributed by atoms with Gasteiger partial charge in [0, 0.05) is 25.4 Å². The summed E-state index contributed by atoms with van der Waals surface area (Å²) in [6.07, 6.45) is 4.46. The predicted octanol–water partition coefficient (Wildman–Crippen LogP) is 0.535. The Balaban J connectivity index is 1.60. The summed E-state index contributed by atoms with van der Waals surface area (Å²) in [5.74, 6) is 0.532. The third-order valence-corrected chi connectivity index (χ3v) is 3.49. The van der Waals surface area contributed by atoms with Crippen LogP contribution in [-0.2, 0) is 9.53 Å². The Morgan fingerprint density at radius 1 is 1.56 bits per heavy atom. The van der Waals surface area contributed by atoms with Gasteiger partial charge in [-0.3, -0.25) is 9.48 Å². The summed E-state index contributed by atoms with van der Waals surface area (Å²) in [6.45, 7) is 2.66. The molecule has 1 aromatic heterocycles. The molecule has 6 heteroatoms. The van der Waals surface area contributed by atoms with Gasteiger partial charge in [0.05, 0.1) is 6.04 Å². The van der Waals surface area contributed by atoms with Gasteiger partial charge in [-0.25, -0.2) is 0 Å². The van der Waals surface area contributed by atoms with Crippen LogP contribution in [0.1, 0.15) is 25.3 Å². The highest BCUT2D eigenvalue weighted by atomic mass is 16.5. The minimum atomic E-state index is -0.303. The lowest BCUT2D eigenvalue weighted by Crippen LogP contribution is -2.27. The Morgan fingerprint density at radius 2 is 2.50 bits per heavy atom. The van der Waals surface area contributed by atoms with E-state index < -0.39 is 0 Å². The van der Waals surface area contributed by atoms with E-state index in [0.717, 1.165) is 32.4 Å². The number of amides is 1. The summed E-state index contributed by atoms with van der Waals surface area (Å²) < 4.78 is 7.26. The first-order valence-corrected chi connectivity index (χ1v) is 6.51. The van der Waals surface area contributed by atoms with Gasteiger partial charge in [-0.1, -0.05) is 0 Å². The van der Waals surface area contributed by atoms with Crippen LogP contribution in [0.3, 0.4) is 0 Å². The van der Waals surface area contributed by atoms with Gasteiger partial charge in [0.2, 0.25) is 0 Å². The Labute approximate surface area is 106 Å². The predicted molar refractivity (Wildman–Crippen MR) is 66.4 cm³/mol. The molecule has 3 rings (SSSR count). The Kier molecular flexibility index (Phi) is 3.29. The van der Waals surface area contributed by atoms with Gasteiger partial charge in [0.15, 0.2) is 5.82 Å². The lowest BCUT2D eigenvalue weighted by molar-refractivity contribution is -0.124. The largest absolute Gasteiger partial charge is 0.368 e. The van der Waals surface area contributed by atoms with Gasteiger partial charge < -0.3 is 15.4 Å². The van der Waals surface area contributed by atoms with Gasteiger partial charge in [0.1, 0.15) is 6.10 Å². The highest BCUT2D eigenvalue weighted by Crippen LogP contribution is 2.17. The fraction of sp³-hybridized carbons (Fsp3) is 0.667. The lowest BCUT2D eigenvalue weighted by atomic mass is 10.2. The molecule has 2 aliphatic heterocycles. The molecule has 0 saturated carbocycles. The van der Waals surface area contributed by atoms with E-state index in [0.29, 0.717) is 18.5 Å². The molecule has 0 aromatic carbocycles. The van der Waals surface area contributed by atoms with Gasteiger partial charge in [-0.15, -0.1) is 0 Å². The molecule has 3 heterocycles. The molecule has 2 fully saturated rings. The molecule has 0 bridgehead atoms. The molecule has 2 N–H and O–H groups in total. The van der Waals surface area contributed by atoms with E-state index >= 15 is 0 Å². The summed E-state index contributed by atoms with van der Waals surface area (Å²) in [4.78, 5) is 11.8. The van der Waals surface area contributed by atoms with Crippen LogP contribution in [0.25, 0.3) is 0 Å². The zero-order valence-electron chi connectivity index (χ0n) is 10.3. The Hall–Kier alpha value is -1.40. The first-order valence-electron chi connectivity index (χ1n) is 6.51. The van der Waals surface area contributed by atoms with Gasteiger partial charge in [0.25, 0.3) is 5.91 Å². The van der Waals surface area contributed by atoms with E-state index in [-0.39, 0.29) is 12.0 Å². The molecule has 0 spiro atoms. The van der Waals surface area contributed by atoms with E-state index in [1.54, 1.807) is 0 Å². The molecule has 18 heavy (non-hydrogen) atoms. The van der Waals surface area contributed by atoms with Crippen LogP contribution in [0.2, 0.25) is 0 Å². The summed E-state index contributed by atoms with van der Waals surface area (Å²) in [7, 11) is 0. The fourth-order valence-electron chi connectivity index (χ4n) is 2.46. The molecule has 6 nitrogen and oxygen atoms in total. The zero-order valence-corrected chi connectivity index (χ0v) is 10.3. The average Bonchev–Trinajstić information content (AvgIpc) is 3.12. The van der Waals surface area contributed by atoms with Gasteiger partial charge in [-0.2, -0.15) is 5.10 Å². The van der Waals surface area contributed by atoms with Crippen molar-refractivity contribution in [1.29, 1.82) is 0 Å². The number of nitrogens with zero attached hydrogens (tertiary/aromatic N) is 2. The van der Waals surface area contributed by atoms with Crippen LogP contribution in [-0.4, -0.2) is 41.5 Å². The Bertz CT molecular complexity index is 419. The Morgan fingerprint density at radius 3 is 3.22 bits per heavy atom. The monoisotopic (exact) mass is 250 g/mol. The van der Waals surface area contributed by atoms with Crippen molar-refractivity contribution in [3.8, 4) is 0 Å². The van der Waals surface area contributed by atoms with Crippen molar-refractivity contribution in [2.24, 2.45) is 0 Å². The lowest BCUT2D eigenvalue weighted by Gasteiger charge is -2.09. The van der Waals surface area contributed by atoms with E-state index in [4.69, 9.17) is 4.74 Å². The smallest absolute Gasteiger partial charge is 0.254 e. The molecule has 98 valence electrons. The number of hydrogen-bond acceptors (Lipinski definition) is 4. The molecule has 2 unspecified atom stereocenters. The van der Waals surface area contributed by atoms with Crippen LogP contribution in [0.4, 0.5) is 5.82 Å². The van der Waals surface area contributed by atoms with Crippen molar-refractivity contribution >= 4 is 11.7 Å². The normalized spacial score (nSPS) is 27.6. The van der Waals surface area contributed by atoms with Crippen LogP contribution < -0.4 is 10.6 Å². The number of aromatic nitrogens is 2. The number of rotatable bonds is 3. The van der Waals surface area contributed by atoms with E-state index in [1.807, 2.05) is 16.9 Å². The van der Waals surface area contributed by atoms with Crippen molar-refractivity contribution in [2.45, 2.75) is 31.4 Å². The molecule has 2 saturated heterocycles. The van der Waals surface area contributed by atoms with Crippen LogP contribution in [0.15, 0.2) is 12.3 Å². The minimum Gasteiger partial charge on any atom is -0.368 e. The van der Waals surface area contributed by atoms with Crippen LogP contribution in [0.5, 0.6) is 0 Å². The van der Waals surface area contributed by atoms with E-state index in [2.05, 4.69) is 15.7 Å². The number of anilines is 1. The highest BCUT2D eigenvalue weighted by Gasteiger charge is 2.24. The second-order valence-corrected chi connectivity index (χ2v) is 4.82. The second-order valence-electron chi connectivity index (χ2n) is 4.82. The summed E-state index contributed by atoms with van der Waals surface area (Å²) in [5, 5.41) is 10.5. The average molecular weight is 250 g/mol. The van der Waals surface area contributed by atoms with Gasteiger partial charge >= 0.3 is 0 Å². The fourth-order valence-corrected chi connectivity index (χ4v) is 2.46. The van der Waals surface area contributed by atoms with Crippen molar-refractivity contribution in [2.75, 3.05) is 25.0 Å². The quantitative estimate of drug-likeness (QED) is 0.821. The summed E-state index contributed by atoms with van der Waals surface area (Å²) in [5.41, 5.74) is 0. The first-order chi connectivity index (χ1) is 8.83. The van der Waals surface area contributed by atoms with Crippen molar-refractivity contribution < 1.29 is 9.53 Å². The molecular formula is C12H18N4O2. The molecule has 0 aliphatic carbocycles. The maximum atomic E-state index is 11.8. The van der Waals surface area contributed by atoms with E-state index in [1.165, 1.54) is 0 Å². The van der Waals surface area contributed by atoms with Crippen LogP contribution >= 0.6 is 0 Å². The standard InChI is InChI=1S/C12H18N4O2/c17-12(10-2-1-7-18-10)14-11-4-6-16(15-11)9-3-5-13-8-9/h4,6,9-10,13H,1-3,5,7-8H2,(H,14,15,17). The molecule has 2 atom stereocenters. The van der Waals surface area contributed by atoms with E-state index in [9.17, 15) is 4.79 Å². The second kappa shape index (κ2) is 5.07. The van der Waals surface area contributed by atoms with Crippen molar-refractivity contribution in [1.82, 2.24) is 15.1 Å². The number of ether oxygens (including phenoxy) is 1. The molecule has 0 radical (unpaired) electrons. The summed E-state index contributed by atoms with van der Waals surface area (Å²) in [6, 6.07) is 2.24.